The van der Waals surface area contributed by atoms with E-state index in [0.717, 1.165) is 10.7 Å². The molecule has 8 heteroatoms. The van der Waals surface area contributed by atoms with Crippen molar-refractivity contribution in [1.29, 1.82) is 0 Å². The summed E-state index contributed by atoms with van der Waals surface area (Å²) in [5.74, 6) is 0. The minimum Gasteiger partial charge on any atom is -1.00 e. The monoisotopic (exact) mass is 393 g/mol. The Labute approximate surface area is 132 Å². The second kappa shape index (κ2) is 9.73. The van der Waals surface area contributed by atoms with Crippen LogP contribution in [0.5, 0.6) is 0 Å². The number of amidine groups is 1. The molecule has 0 aliphatic heterocycles. The molecule has 0 saturated carbocycles. The first kappa shape index (κ1) is 17.8. The Hall–Kier alpha value is -1.16. The highest BCUT2D eigenvalue weighted by atomic mass is 127. The number of aliphatic imine (C=N–C) groups is 1. The number of nitrogens with zero attached hydrogens (tertiary/aromatic N) is 3. The Kier molecular flexibility index (Phi) is 9.13. The van der Waals surface area contributed by atoms with Gasteiger partial charge in [0, 0.05) is 18.7 Å². The Morgan fingerprint density at radius 1 is 1.47 bits per heavy atom. The Bertz CT molecular complexity index is 462. The van der Waals surface area contributed by atoms with E-state index in [0.29, 0.717) is 6.54 Å². The highest BCUT2D eigenvalue weighted by molar-refractivity contribution is 8.13. The van der Waals surface area contributed by atoms with Gasteiger partial charge in [-0.15, -0.1) is 0 Å². The summed E-state index contributed by atoms with van der Waals surface area (Å²) in [5.41, 5.74) is 3.65. The van der Waals surface area contributed by atoms with Crippen LogP contribution in [0.2, 0.25) is 0 Å². The molecule has 0 fully saturated rings. The predicted molar refractivity (Wildman–Crippen MR) is 75.3 cm³/mol. The molecule has 1 aromatic rings. The van der Waals surface area contributed by atoms with Gasteiger partial charge < -0.3 is 24.0 Å². The number of benzene rings is 1. The highest BCUT2D eigenvalue weighted by Gasteiger charge is 2.02. The SMILES string of the molecule is CCN=C(NN=Cc1ccc([N+](=O)[O-])cc1)SC.[I-]. The number of non-ortho nitro benzene ring substituents is 1. The van der Waals surface area contributed by atoms with Gasteiger partial charge in [-0.1, -0.05) is 11.8 Å². The molecule has 0 amide bonds. The number of halogens is 1. The van der Waals surface area contributed by atoms with Gasteiger partial charge in [-0.25, -0.2) is 0 Å². The number of nitrogens with one attached hydrogen (secondary N) is 1. The van der Waals surface area contributed by atoms with E-state index in [2.05, 4.69) is 15.5 Å². The van der Waals surface area contributed by atoms with E-state index in [1.54, 1.807) is 18.3 Å². The molecule has 1 N–H and O–H groups in total. The van der Waals surface area contributed by atoms with Gasteiger partial charge in [0.05, 0.1) is 11.1 Å². The zero-order valence-corrected chi connectivity index (χ0v) is 13.5. The molecule has 19 heavy (non-hydrogen) atoms. The van der Waals surface area contributed by atoms with Crippen LogP contribution in [-0.4, -0.2) is 29.1 Å². The van der Waals surface area contributed by atoms with Crippen molar-refractivity contribution < 1.29 is 28.9 Å². The fourth-order valence-electron chi connectivity index (χ4n) is 1.13. The maximum absolute atomic E-state index is 10.5. The zero-order valence-electron chi connectivity index (χ0n) is 10.5. The highest BCUT2D eigenvalue weighted by Crippen LogP contribution is 2.10. The van der Waals surface area contributed by atoms with Gasteiger partial charge >= 0.3 is 0 Å². The first-order valence-electron chi connectivity index (χ1n) is 5.29. The van der Waals surface area contributed by atoms with Crippen molar-refractivity contribution in [2.24, 2.45) is 10.1 Å². The third kappa shape index (κ3) is 6.53. The summed E-state index contributed by atoms with van der Waals surface area (Å²) < 4.78 is 0. The summed E-state index contributed by atoms with van der Waals surface area (Å²) in [7, 11) is 0. The first-order chi connectivity index (χ1) is 8.67. The van der Waals surface area contributed by atoms with Crippen molar-refractivity contribution in [2.75, 3.05) is 12.8 Å². The maximum atomic E-state index is 10.5. The molecule has 0 bridgehead atoms. The van der Waals surface area contributed by atoms with E-state index in [1.165, 1.54) is 23.9 Å². The lowest BCUT2D eigenvalue weighted by molar-refractivity contribution is -0.384. The lowest BCUT2D eigenvalue weighted by Gasteiger charge is -2.00. The van der Waals surface area contributed by atoms with Gasteiger partial charge in [-0.2, -0.15) is 5.10 Å². The smallest absolute Gasteiger partial charge is 0.269 e. The maximum Gasteiger partial charge on any atom is 0.269 e. The van der Waals surface area contributed by atoms with Crippen LogP contribution >= 0.6 is 11.8 Å². The normalized spacial score (nSPS) is 11.2. The second-order valence-corrected chi connectivity index (χ2v) is 4.00. The molecule has 0 atom stereocenters. The lowest BCUT2D eigenvalue weighted by atomic mass is 10.2. The topological polar surface area (TPSA) is 79.9 Å². The number of nitro benzene ring substituents is 1. The average Bonchev–Trinajstić information content (AvgIpc) is 2.38. The Balaban J connectivity index is 0.00000324. The third-order valence-corrected chi connectivity index (χ3v) is 2.58. The van der Waals surface area contributed by atoms with Crippen molar-refractivity contribution in [2.45, 2.75) is 6.92 Å². The van der Waals surface area contributed by atoms with E-state index < -0.39 is 4.92 Å². The standard InChI is InChI=1S/C11H14N4O2S.HI/c1-3-12-11(18-2)14-13-8-9-4-6-10(7-5-9)15(16)17;/h4-8H,3H2,1-2H3,(H,12,14);1H/p-1. The Morgan fingerprint density at radius 2 is 2.11 bits per heavy atom. The summed E-state index contributed by atoms with van der Waals surface area (Å²) in [4.78, 5) is 14.2. The molecule has 0 aliphatic carbocycles. The van der Waals surface area contributed by atoms with E-state index in [4.69, 9.17) is 0 Å². The number of nitro groups is 1. The molecule has 0 radical (unpaired) electrons. The fourth-order valence-corrected chi connectivity index (χ4v) is 1.54. The van der Waals surface area contributed by atoms with Crippen LogP contribution in [0, 0.1) is 10.1 Å². The molecule has 0 aromatic heterocycles. The van der Waals surface area contributed by atoms with Crippen molar-refractivity contribution in [3.8, 4) is 0 Å². The minimum atomic E-state index is -0.432. The summed E-state index contributed by atoms with van der Waals surface area (Å²) in [5, 5.41) is 15.2. The van der Waals surface area contributed by atoms with Crippen molar-refractivity contribution in [1.82, 2.24) is 5.43 Å². The second-order valence-electron chi connectivity index (χ2n) is 3.20. The molecule has 104 valence electrons. The van der Waals surface area contributed by atoms with E-state index >= 15 is 0 Å². The number of hydrogen-bond acceptors (Lipinski definition) is 5. The molecule has 0 heterocycles. The zero-order chi connectivity index (χ0) is 13.4. The van der Waals surface area contributed by atoms with E-state index in [1.807, 2.05) is 13.2 Å². The largest absolute Gasteiger partial charge is 1.00 e. The number of hydrogen-bond donors (Lipinski definition) is 1. The van der Waals surface area contributed by atoms with Crippen LogP contribution in [0.4, 0.5) is 5.69 Å². The van der Waals surface area contributed by atoms with Gasteiger partial charge in [-0.05, 0) is 30.9 Å². The molecule has 0 spiro atoms. The molecule has 0 unspecified atom stereocenters. The Morgan fingerprint density at radius 3 is 2.58 bits per heavy atom. The molecule has 0 aliphatic rings. The number of hydrazone groups is 1. The van der Waals surface area contributed by atoms with Crippen molar-refractivity contribution in [3.05, 3.63) is 39.9 Å². The summed E-state index contributed by atoms with van der Waals surface area (Å²) >= 11 is 1.47. The summed E-state index contributed by atoms with van der Waals surface area (Å²) in [6.45, 7) is 2.63. The molecular weight excluding hydrogens is 379 g/mol. The van der Waals surface area contributed by atoms with Crippen LogP contribution in [0.1, 0.15) is 12.5 Å². The summed E-state index contributed by atoms with van der Waals surface area (Å²) in [6, 6.07) is 6.16. The van der Waals surface area contributed by atoms with Crippen LogP contribution in [-0.2, 0) is 0 Å². The van der Waals surface area contributed by atoms with Crippen LogP contribution in [0.25, 0.3) is 0 Å². The van der Waals surface area contributed by atoms with Crippen LogP contribution in [0.3, 0.4) is 0 Å². The molecule has 1 rings (SSSR count). The molecule has 1 aromatic carbocycles. The van der Waals surface area contributed by atoms with Gasteiger partial charge in [0.1, 0.15) is 0 Å². The van der Waals surface area contributed by atoms with Crippen molar-refractivity contribution >= 4 is 28.8 Å². The lowest BCUT2D eigenvalue weighted by Crippen LogP contribution is -3.00. The predicted octanol–water partition coefficient (Wildman–Crippen LogP) is -0.739. The van der Waals surface area contributed by atoms with Gasteiger partial charge in [-0.3, -0.25) is 20.5 Å². The quantitative estimate of drug-likeness (QED) is 0.240. The van der Waals surface area contributed by atoms with Crippen molar-refractivity contribution in [3.63, 3.8) is 0 Å². The first-order valence-corrected chi connectivity index (χ1v) is 6.51. The van der Waals surface area contributed by atoms with Gasteiger partial charge in [0.15, 0.2) is 5.17 Å². The number of thioether (sulfide) groups is 1. The van der Waals surface area contributed by atoms with E-state index in [-0.39, 0.29) is 29.7 Å². The average molecular weight is 393 g/mol. The van der Waals surface area contributed by atoms with Gasteiger partial charge in [0.2, 0.25) is 0 Å². The molecular formula is C11H14IN4O2S-. The third-order valence-electron chi connectivity index (χ3n) is 1.97. The van der Waals surface area contributed by atoms with Crippen LogP contribution in [0.15, 0.2) is 34.4 Å². The number of rotatable bonds is 4. The van der Waals surface area contributed by atoms with E-state index in [9.17, 15) is 10.1 Å². The van der Waals surface area contributed by atoms with Gasteiger partial charge in [0.25, 0.3) is 5.69 Å². The molecule has 0 saturated heterocycles. The fraction of sp³-hybridized carbons (Fsp3) is 0.273. The summed E-state index contributed by atoms with van der Waals surface area (Å²) in [6.07, 6.45) is 3.49. The van der Waals surface area contributed by atoms with Crippen LogP contribution < -0.4 is 29.4 Å². The minimum absolute atomic E-state index is 0. The molecule has 6 nitrogen and oxygen atoms in total.